The van der Waals surface area contributed by atoms with Crippen molar-refractivity contribution in [2.75, 3.05) is 51.3 Å². The molecule has 0 aliphatic carbocycles. The predicted octanol–water partition coefficient (Wildman–Crippen LogP) is 3.56. The third-order valence-corrected chi connectivity index (χ3v) is 12.2. The van der Waals surface area contributed by atoms with Crippen molar-refractivity contribution >= 4 is 33.6 Å². The van der Waals surface area contributed by atoms with Gasteiger partial charge in [0.2, 0.25) is 15.9 Å². The number of alkyl halides is 3. The number of carbonyl (C=O) groups is 2. The molecule has 4 heterocycles. The van der Waals surface area contributed by atoms with Gasteiger partial charge in [0.15, 0.2) is 0 Å². The molecule has 0 radical (unpaired) electrons. The normalized spacial score (nSPS) is 18.5. The van der Waals surface area contributed by atoms with E-state index in [1.54, 1.807) is 4.68 Å². The molecule has 12 nitrogen and oxygen atoms in total. The lowest BCUT2D eigenvalue weighted by atomic mass is 10.0. The molecule has 17 heteroatoms. The zero-order valence-corrected chi connectivity index (χ0v) is 30.4. The Balaban J connectivity index is 1.19. The standard InChI is InChI=1S/C35H43F3N6O6S2/c1-52(49,50)42-17-12-30-28(22-42)33(40-44(30)21-27(46)20-41-15-10-25(11-16-41)43-14-2-3-32(43)47)24-6-9-29(35(36,37)38)31(19-24)51-18-13-39-34(48)23-4-7-26(45)8-5-23/h4-9,19,25,27,45-46H,2-3,10-18,20-22H2,1H3,(H,39,48). The Bertz CT molecular complexity index is 1880. The highest BCUT2D eigenvalue weighted by atomic mass is 32.2. The molecule has 3 aliphatic rings. The van der Waals surface area contributed by atoms with Crippen molar-refractivity contribution in [2.45, 2.75) is 68.4 Å². The molecule has 2 amide bonds. The van der Waals surface area contributed by atoms with Gasteiger partial charge in [-0.05, 0) is 55.7 Å². The van der Waals surface area contributed by atoms with Crippen molar-refractivity contribution in [3.05, 3.63) is 64.8 Å². The van der Waals surface area contributed by atoms with Crippen molar-refractivity contribution in [3.8, 4) is 17.0 Å². The van der Waals surface area contributed by atoms with Crippen LogP contribution in [0.3, 0.4) is 0 Å². The van der Waals surface area contributed by atoms with Crippen LogP contribution in [0.2, 0.25) is 0 Å². The third kappa shape index (κ3) is 8.93. The number of phenolic OH excluding ortho intramolecular Hbond substituents is 1. The molecule has 1 aromatic heterocycles. The highest BCUT2D eigenvalue weighted by Crippen LogP contribution is 2.40. The number of aromatic hydroxyl groups is 1. The fraction of sp³-hybridized carbons (Fsp3) is 0.514. The second-order valence-corrected chi connectivity index (χ2v) is 16.7. The molecule has 1 unspecified atom stereocenters. The summed E-state index contributed by atoms with van der Waals surface area (Å²) in [4.78, 5) is 28.7. The van der Waals surface area contributed by atoms with Crippen LogP contribution in [0.1, 0.15) is 52.9 Å². The number of rotatable bonds is 12. The summed E-state index contributed by atoms with van der Waals surface area (Å²) in [6.45, 7) is 3.06. The number of halogens is 3. The summed E-state index contributed by atoms with van der Waals surface area (Å²) in [5.41, 5.74) is 1.49. The number of piperidine rings is 1. The zero-order chi connectivity index (χ0) is 37.2. The van der Waals surface area contributed by atoms with Crippen LogP contribution in [-0.4, -0.2) is 118 Å². The van der Waals surface area contributed by atoms with Gasteiger partial charge in [-0.3, -0.25) is 14.3 Å². The van der Waals surface area contributed by atoms with Crippen molar-refractivity contribution in [1.82, 2.24) is 29.2 Å². The molecule has 2 saturated heterocycles. The molecule has 2 fully saturated rings. The Kier molecular flexibility index (Phi) is 11.5. The van der Waals surface area contributed by atoms with Crippen LogP contribution in [-0.2, 0) is 40.5 Å². The molecular formula is C35H43F3N6O6S2. The summed E-state index contributed by atoms with van der Waals surface area (Å²) in [5, 5.41) is 28.1. The number of nitrogens with one attached hydrogen (secondary N) is 1. The number of nitrogens with zero attached hydrogens (tertiary/aromatic N) is 5. The second-order valence-electron chi connectivity index (χ2n) is 13.5. The fourth-order valence-electron chi connectivity index (χ4n) is 7.22. The Morgan fingerprint density at radius 3 is 2.44 bits per heavy atom. The number of likely N-dealkylation sites (tertiary alicyclic amines) is 2. The lowest BCUT2D eigenvalue weighted by Gasteiger charge is -2.37. The van der Waals surface area contributed by atoms with Gasteiger partial charge in [-0.2, -0.15) is 22.6 Å². The number of aromatic nitrogens is 2. The first kappa shape index (κ1) is 38.1. The van der Waals surface area contributed by atoms with Gasteiger partial charge >= 0.3 is 6.18 Å². The number of aliphatic hydroxyl groups is 1. The molecule has 52 heavy (non-hydrogen) atoms. The number of benzene rings is 2. The molecular weight excluding hydrogens is 722 g/mol. The van der Waals surface area contributed by atoms with E-state index in [-0.39, 0.29) is 54.5 Å². The smallest absolute Gasteiger partial charge is 0.417 e. The van der Waals surface area contributed by atoms with Gasteiger partial charge in [0.1, 0.15) is 5.75 Å². The number of fused-ring (bicyclic) bond motifs is 1. The topological polar surface area (TPSA) is 148 Å². The molecule has 3 N–H and O–H groups in total. The van der Waals surface area contributed by atoms with Crippen LogP contribution in [0.15, 0.2) is 47.4 Å². The second kappa shape index (κ2) is 15.8. The monoisotopic (exact) mass is 764 g/mol. The number of sulfonamides is 1. The molecule has 2 aromatic carbocycles. The summed E-state index contributed by atoms with van der Waals surface area (Å²) in [6.07, 6.45) is -0.865. The summed E-state index contributed by atoms with van der Waals surface area (Å²) < 4.78 is 70.5. The van der Waals surface area contributed by atoms with E-state index in [0.717, 1.165) is 68.7 Å². The Morgan fingerprint density at radius 1 is 1.06 bits per heavy atom. The van der Waals surface area contributed by atoms with E-state index in [2.05, 4.69) is 10.2 Å². The Labute approximate surface area is 305 Å². The van der Waals surface area contributed by atoms with Crippen LogP contribution >= 0.6 is 11.8 Å². The lowest BCUT2D eigenvalue weighted by Crippen LogP contribution is -2.47. The molecule has 1 atom stereocenters. The molecule has 3 aromatic rings. The number of hydrogen-bond acceptors (Lipinski definition) is 9. The Morgan fingerprint density at radius 2 is 1.79 bits per heavy atom. The molecule has 0 bridgehead atoms. The minimum Gasteiger partial charge on any atom is -0.508 e. The van der Waals surface area contributed by atoms with Crippen LogP contribution in [0.5, 0.6) is 5.75 Å². The predicted molar refractivity (Wildman–Crippen MR) is 189 cm³/mol. The van der Waals surface area contributed by atoms with E-state index in [9.17, 15) is 41.4 Å². The SMILES string of the molecule is CS(=O)(=O)N1CCc2c(c(-c3ccc(C(F)(F)F)c(SCCNC(=O)c4ccc(O)cc4)c3)nn2CC(O)CN2CCC(N3CCCC3=O)CC2)C1. The van der Waals surface area contributed by atoms with Crippen LogP contribution < -0.4 is 5.32 Å². The van der Waals surface area contributed by atoms with Gasteiger partial charge < -0.3 is 25.3 Å². The molecule has 3 aliphatic heterocycles. The molecule has 0 spiro atoms. The highest BCUT2D eigenvalue weighted by Gasteiger charge is 2.36. The van der Waals surface area contributed by atoms with E-state index in [0.29, 0.717) is 41.8 Å². The quantitative estimate of drug-likeness (QED) is 0.186. The molecule has 6 rings (SSSR count). The van der Waals surface area contributed by atoms with E-state index in [4.69, 9.17) is 5.10 Å². The zero-order valence-electron chi connectivity index (χ0n) is 28.8. The van der Waals surface area contributed by atoms with Gasteiger partial charge in [0.25, 0.3) is 5.91 Å². The number of hydrogen-bond donors (Lipinski definition) is 3. The van der Waals surface area contributed by atoms with Gasteiger partial charge in [-0.15, -0.1) is 11.8 Å². The lowest BCUT2D eigenvalue weighted by molar-refractivity contribution is -0.139. The summed E-state index contributed by atoms with van der Waals surface area (Å²) in [7, 11) is -3.58. The van der Waals surface area contributed by atoms with Crippen LogP contribution in [0.25, 0.3) is 11.3 Å². The number of β-amino-alcohol motifs (C(OH)–C–C–N with tert-alkyl or cyclic N) is 1. The fourth-order valence-corrected chi connectivity index (χ4v) is 8.98. The molecule has 282 valence electrons. The van der Waals surface area contributed by atoms with Gasteiger partial charge in [-0.1, -0.05) is 6.07 Å². The Hall–Kier alpha value is -3.64. The van der Waals surface area contributed by atoms with E-state index < -0.39 is 33.8 Å². The number of phenols is 1. The number of aliphatic hydroxyl groups excluding tert-OH is 1. The van der Waals surface area contributed by atoms with Crippen molar-refractivity contribution in [3.63, 3.8) is 0 Å². The van der Waals surface area contributed by atoms with Crippen molar-refractivity contribution in [1.29, 1.82) is 0 Å². The summed E-state index contributed by atoms with van der Waals surface area (Å²) >= 11 is 0.927. The first-order valence-corrected chi connectivity index (χ1v) is 20.2. The van der Waals surface area contributed by atoms with Crippen molar-refractivity contribution < 1.29 is 41.4 Å². The maximum absolute atomic E-state index is 14.1. The highest BCUT2D eigenvalue weighted by molar-refractivity contribution is 7.99. The maximum Gasteiger partial charge on any atom is 0.417 e. The van der Waals surface area contributed by atoms with E-state index in [1.165, 1.54) is 40.7 Å². The largest absolute Gasteiger partial charge is 0.508 e. The average molecular weight is 765 g/mol. The number of carbonyl (C=O) groups excluding carboxylic acids is 2. The number of thioether (sulfide) groups is 1. The molecule has 0 saturated carbocycles. The summed E-state index contributed by atoms with van der Waals surface area (Å²) in [6, 6.07) is 9.55. The first-order chi connectivity index (χ1) is 24.7. The summed E-state index contributed by atoms with van der Waals surface area (Å²) in [5.74, 6) is -0.0887. The first-order valence-electron chi connectivity index (χ1n) is 17.3. The van der Waals surface area contributed by atoms with E-state index in [1.807, 2.05) is 4.90 Å². The average Bonchev–Trinajstić information content (AvgIpc) is 3.69. The third-order valence-electron chi connectivity index (χ3n) is 9.86. The van der Waals surface area contributed by atoms with Crippen LogP contribution in [0, 0.1) is 0 Å². The van der Waals surface area contributed by atoms with E-state index >= 15 is 0 Å². The maximum atomic E-state index is 14.1. The number of amides is 2. The van der Waals surface area contributed by atoms with Gasteiger partial charge in [-0.25, -0.2) is 8.42 Å². The van der Waals surface area contributed by atoms with Gasteiger partial charge in [0, 0.05) is 97.7 Å². The van der Waals surface area contributed by atoms with Crippen LogP contribution in [0.4, 0.5) is 13.2 Å². The minimum absolute atomic E-state index is 0.00165. The minimum atomic E-state index is -4.65. The van der Waals surface area contributed by atoms with Gasteiger partial charge in [0.05, 0.1) is 30.2 Å². The van der Waals surface area contributed by atoms with Crippen molar-refractivity contribution in [2.24, 2.45) is 0 Å².